The zero-order valence-electron chi connectivity index (χ0n) is 11.3. The third-order valence-electron chi connectivity index (χ3n) is 3.52. The van der Waals surface area contributed by atoms with Gasteiger partial charge in [-0.3, -0.25) is 0 Å². The molecule has 17 heavy (non-hydrogen) atoms. The molecule has 0 spiro atoms. The van der Waals surface area contributed by atoms with Gasteiger partial charge in [-0.15, -0.1) is 0 Å². The molecule has 1 aromatic rings. The molecular weight excluding hydrogens is 230 g/mol. The van der Waals surface area contributed by atoms with Gasteiger partial charge < -0.3 is 5.73 Å². The van der Waals surface area contributed by atoms with Crippen LogP contribution in [0.2, 0.25) is 5.02 Å². The second-order valence-corrected chi connectivity index (χ2v) is 6.53. The molecule has 1 rings (SSSR count). The van der Waals surface area contributed by atoms with E-state index >= 15 is 0 Å². The fourth-order valence-corrected chi connectivity index (χ4v) is 2.07. The Morgan fingerprint density at radius 1 is 1.29 bits per heavy atom. The van der Waals surface area contributed by atoms with Crippen LogP contribution in [0, 0.1) is 11.3 Å². The minimum Gasteiger partial charge on any atom is -0.327 e. The summed E-state index contributed by atoms with van der Waals surface area (Å²) in [7, 11) is 0. The van der Waals surface area contributed by atoms with E-state index in [9.17, 15) is 0 Å². The molecule has 0 aromatic heterocycles. The van der Waals surface area contributed by atoms with Gasteiger partial charge in [0.05, 0.1) is 0 Å². The highest BCUT2D eigenvalue weighted by molar-refractivity contribution is 6.30. The van der Waals surface area contributed by atoms with Gasteiger partial charge in [0, 0.05) is 11.1 Å². The number of hydrogen-bond donors (Lipinski definition) is 1. The van der Waals surface area contributed by atoms with Crippen LogP contribution < -0.4 is 5.73 Å². The van der Waals surface area contributed by atoms with Crippen LogP contribution in [-0.2, 0) is 6.42 Å². The molecule has 0 heterocycles. The van der Waals surface area contributed by atoms with E-state index in [4.69, 9.17) is 17.3 Å². The van der Waals surface area contributed by atoms with E-state index in [1.807, 2.05) is 18.2 Å². The summed E-state index contributed by atoms with van der Waals surface area (Å²) >= 11 is 5.97. The number of rotatable bonds is 4. The Balaban J connectivity index is 2.53. The largest absolute Gasteiger partial charge is 0.327 e. The van der Waals surface area contributed by atoms with Crippen LogP contribution in [0.1, 0.15) is 39.7 Å². The SMILES string of the molecule is CC(CC(N)Cc1cccc(Cl)c1)C(C)(C)C. The van der Waals surface area contributed by atoms with Crippen LogP contribution in [0.5, 0.6) is 0 Å². The number of nitrogens with two attached hydrogens (primary N) is 1. The van der Waals surface area contributed by atoms with Crippen molar-refractivity contribution in [3.05, 3.63) is 34.9 Å². The highest BCUT2D eigenvalue weighted by Crippen LogP contribution is 2.29. The van der Waals surface area contributed by atoms with Gasteiger partial charge in [0.2, 0.25) is 0 Å². The number of halogens is 1. The molecule has 2 heteroatoms. The Morgan fingerprint density at radius 3 is 2.47 bits per heavy atom. The van der Waals surface area contributed by atoms with Crippen molar-refractivity contribution in [3.8, 4) is 0 Å². The summed E-state index contributed by atoms with van der Waals surface area (Å²) in [5.41, 5.74) is 7.76. The van der Waals surface area contributed by atoms with Gasteiger partial charge in [-0.25, -0.2) is 0 Å². The van der Waals surface area contributed by atoms with Crippen molar-refractivity contribution >= 4 is 11.6 Å². The molecule has 2 atom stereocenters. The second kappa shape index (κ2) is 5.88. The van der Waals surface area contributed by atoms with Crippen LogP contribution >= 0.6 is 11.6 Å². The summed E-state index contributed by atoms with van der Waals surface area (Å²) in [5, 5.41) is 0.790. The summed E-state index contributed by atoms with van der Waals surface area (Å²) in [6.45, 7) is 9.08. The van der Waals surface area contributed by atoms with Crippen molar-refractivity contribution in [2.45, 2.75) is 46.6 Å². The van der Waals surface area contributed by atoms with Crippen molar-refractivity contribution < 1.29 is 0 Å². The third kappa shape index (κ3) is 5.10. The first-order chi connectivity index (χ1) is 7.79. The summed E-state index contributed by atoms with van der Waals surface area (Å²) < 4.78 is 0. The predicted octanol–water partition coefficient (Wildman–Crippen LogP) is 4.28. The van der Waals surface area contributed by atoms with Crippen molar-refractivity contribution in [3.63, 3.8) is 0 Å². The third-order valence-corrected chi connectivity index (χ3v) is 3.76. The molecule has 0 fully saturated rings. The minimum atomic E-state index is 0.211. The lowest BCUT2D eigenvalue weighted by Crippen LogP contribution is -2.30. The number of benzene rings is 1. The Bertz CT molecular complexity index is 354. The standard InChI is InChI=1S/C15H24ClN/c1-11(15(2,3)4)8-14(17)10-12-6-5-7-13(16)9-12/h5-7,9,11,14H,8,10,17H2,1-4H3. The van der Waals surface area contributed by atoms with E-state index in [0.29, 0.717) is 11.3 Å². The van der Waals surface area contributed by atoms with Gasteiger partial charge in [0.15, 0.2) is 0 Å². The molecule has 0 saturated heterocycles. The fourth-order valence-electron chi connectivity index (χ4n) is 1.86. The molecule has 0 aliphatic heterocycles. The first-order valence-electron chi connectivity index (χ1n) is 6.29. The predicted molar refractivity (Wildman–Crippen MR) is 76.4 cm³/mol. The lowest BCUT2D eigenvalue weighted by molar-refractivity contribution is 0.233. The first kappa shape index (κ1) is 14.5. The molecule has 0 radical (unpaired) electrons. The molecule has 2 N–H and O–H groups in total. The zero-order chi connectivity index (χ0) is 13.1. The molecule has 1 aromatic carbocycles. The van der Waals surface area contributed by atoms with E-state index < -0.39 is 0 Å². The van der Waals surface area contributed by atoms with Gasteiger partial charge in [0.1, 0.15) is 0 Å². The summed E-state index contributed by atoms with van der Waals surface area (Å²) in [6, 6.07) is 8.19. The van der Waals surface area contributed by atoms with E-state index in [2.05, 4.69) is 33.8 Å². The molecule has 0 amide bonds. The Morgan fingerprint density at radius 2 is 1.94 bits per heavy atom. The van der Waals surface area contributed by atoms with Crippen LogP contribution in [-0.4, -0.2) is 6.04 Å². The molecule has 0 bridgehead atoms. The molecule has 2 unspecified atom stereocenters. The first-order valence-corrected chi connectivity index (χ1v) is 6.67. The smallest absolute Gasteiger partial charge is 0.0408 e. The summed E-state index contributed by atoms with van der Waals surface area (Å²) in [5.74, 6) is 0.622. The van der Waals surface area contributed by atoms with Crippen LogP contribution in [0.25, 0.3) is 0 Å². The minimum absolute atomic E-state index is 0.211. The molecule has 96 valence electrons. The maximum absolute atomic E-state index is 6.21. The molecule has 0 aliphatic rings. The molecule has 0 saturated carbocycles. The van der Waals surface area contributed by atoms with E-state index in [1.54, 1.807) is 0 Å². The van der Waals surface area contributed by atoms with E-state index in [-0.39, 0.29) is 6.04 Å². The average Bonchev–Trinajstić information content (AvgIpc) is 2.15. The van der Waals surface area contributed by atoms with Gasteiger partial charge in [0.25, 0.3) is 0 Å². The lowest BCUT2D eigenvalue weighted by atomic mass is 9.78. The number of hydrogen-bond acceptors (Lipinski definition) is 1. The van der Waals surface area contributed by atoms with Crippen molar-refractivity contribution in [1.82, 2.24) is 0 Å². The summed E-state index contributed by atoms with van der Waals surface area (Å²) in [6.07, 6.45) is 1.96. The van der Waals surface area contributed by atoms with Crippen LogP contribution in [0.15, 0.2) is 24.3 Å². The maximum Gasteiger partial charge on any atom is 0.0408 e. The van der Waals surface area contributed by atoms with Crippen molar-refractivity contribution in [2.75, 3.05) is 0 Å². The fraction of sp³-hybridized carbons (Fsp3) is 0.600. The Labute approximate surface area is 110 Å². The van der Waals surface area contributed by atoms with Crippen molar-refractivity contribution in [2.24, 2.45) is 17.1 Å². The Hall–Kier alpha value is -0.530. The highest BCUT2D eigenvalue weighted by Gasteiger charge is 2.22. The average molecular weight is 254 g/mol. The quantitative estimate of drug-likeness (QED) is 0.852. The van der Waals surface area contributed by atoms with Crippen LogP contribution in [0.3, 0.4) is 0 Å². The van der Waals surface area contributed by atoms with Gasteiger partial charge in [-0.2, -0.15) is 0 Å². The van der Waals surface area contributed by atoms with Gasteiger partial charge >= 0.3 is 0 Å². The van der Waals surface area contributed by atoms with Gasteiger partial charge in [-0.05, 0) is 41.9 Å². The lowest BCUT2D eigenvalue weighted by Gasteiger charge is -2.29. The van der Waals surface area contributed by atoms with E-state index in [1.165, 1.54) is 5.56 Å². The Kier molecular flexibility index (Phi) is 5.03. The maximum atomic E-state index is 6.21. The summed E-state index contributed by atoms with van der Waals surface area (Å²) in [4.78, 5) is 0. The van der Waals surface area contributed by atoms with Crippen LogP contribution in [0.4, 0.5) is 0 Å². The second-order valence-electron chi connectivity index (χ2n) is 6.10. The molecule has 1 nitrogen and oxygen atoms in total. The molecular formula is C15H24ClN. The molecule has 0 aliphatic carbocycles. The topological polar surface area (TPSA) is 26.0 Å². The van der Waals surface area contributed by atoms with E-state index in [0.717, 1.165) is 17.9 Å². The monoisotopic (exact) mass is 253 g/mol. The normalized spacial score (nSPS) is 15.6. The zero-order valence-corrected chi connectivity index (χ0v) is 12.1. The highest BCUT2D eigenvalue weighted by atomic mass is 35.5. The van der Waals surface area contributed by atoms with Gasteiger partial charge in [-0.1, -0.05) is 51.4 Å². The van der Waals surface area contributed by atoms with Crippen molar-refractivity contribution in [1.29, 1.82) is 0 Å².